The van der Waals surface area contributed by atoms with Crippen molar-refractivity contribution in [3.63, 3.8) is 0 Å². The highest BCUT2D eigenvalue weighted by molar-refractivity contribution is 5.40. The number of pyridine rings is 1. The van der Waals surface area contributed by atoms with Crippen LogP contribution in [0, 0.1) is 0 Å². The van der Waals surface area contributed by atoms with E-state index in [4.69, 9.17) is 4.98 Å². The van der Waals surface area contributed by atoms with Crippen LogP contribution in [-0.2, 0) is 19.6 Å². The van der Waals surface area contributed by atoms with Crippen LogP contribution in [-0.4, -0.2) is 57.4 Å². The molecule has 144 valence electrons. The Labute approximate surface area is 160 Å². The zero-order chi connectivity index (χ0) is 18.1. The molecular formula is C20H29N7. The number of nitrogens with one attached hydrogen (secondary N) is 1. The number of aromatic nitrogens is 4. The van der Waals surface area contributed by atoms with Crippen molar-refractivity contribution in [1.29, 1.82) is 0 Å². The molecule has 0 bridgehead atoms. The molecule has 2 fully saturated rings. The first-order valence-electron chi connectivity index (χ1n) is 10.4. The minimum atomic E-state index is 0.552. The van der Waals surface area contributed by atoms with E-state index < -0.39 is 0 Å². The van der Waals surface area contributed by atoms with Gasteiger partial charge in [-0.05, 0) is 50.4 Å². The number of anilines is 1. The van der Waals surface area contributed by atoms with Gasteiger partial charge in [-0.1, -0.05) is 6.07 Å². The van der Waals surface area contributed by atoms with Crippen LogP contribution in [0.15, 0.2) is 18.3 Å². The van der Waals surface area contributed by atoms with E-state index in [9.17, 15) is 0 Å². The summed E-state index contributed by atoms with van der Waals surface area (Å²) < 4.78 is 2.35. The quantitative estimate of drug-likeness (QED) is 0.888. The van der Waals surface area contributed by atoms with E-state index in [1.165, 1.54) is 37.1 Å². The van der Waals surface area contributed by atoms with E-state index in [0.717, 1.165) is 64.0 Å². The summed E-state index contributed by atoms with van der Waals surface area (Å²) in [7, 11) is 0. The lowest BCUT2D eigenvalue weighted by Gasteiger charge is -2.32. The normalized spacial score (nSPS) is 21.6. The maximum atomic E-state index is 4.70. The summed E-state index contributed by atoms with van der Waals surface area (Å²) in [6.45, 7) is 8.45. The number of fused-ring (bicyclic) bond motifs is 1. The third kappa shape index (κ3) is 3.58. The van der Waals surface area contributed by atoms with Crippen LogP contribution in [0.4, 0.5) is 5.82 Å². The molecule has 2 saturated heterocycles. The Kier molecular flexibility index (Phi) is 4.80. The van der Waals surface area contributed by atoms with E-state index in [2.05, 4.69) is 48.2 Å². The molecule has 1 N–H and O–H groups in total. The van der Waals surface area contributed by atoms with E-state index in [1.54, 1.807) is 0 Å². The topological polar surface area (TPSA) is 62.1 Å². The van der Waals surface area contributed by atoms with Gasteiger partial charge in [-0.3, -0.25) is 4.90 Å². The summed E-state index contributed by atoms with van der Waals surface area (Å²) in [4.78, 5) is 9.65. The second kappa shape index (κ2) is 7.56. The van der Waals surface area contributed by atoms with Gasteiger partial charge in [0.25, 0.3) is 0 Å². The van der Waals surface area contributed by atoms with E-state index >= 15 is 0 Å². The molecule has 0 saturated carbocycles. The highest BCUT2D eigenvalue weighted by Gasteiger charge is 2.27. The zero-order valence-electron chi connectivity index (χ0n) is 16.0. The summed E-state index contributed by atoms with van der Waals surface area (Å²) in [5.41, 5.74) is 1.32. The molecule has 3 aliphatic rings. The van der Waals surface area contributed by atoms with Crippen molar-refractivity contribution in [2.45, 2.75) is 51.2 Å². The van der Waals surface area contributed by atoms with Crippen LogP contribution < -0.4 is 10.2 Å². The summed E-state index contributed by atoms with van der Waals surface area (Å²) in [6, 6.07) is 4.46. The Hall–Kier alpha value is -1.99. The van der Waals surface area contributed by atoms with Gasteiger partial charge >= 0.3 is 0 Å². The number of hydrogen-bond acceptors (Lipinski definition) is 6. The Morgan fingerprint density at radius 2 is 1.85 bits per heavy atom. The van der Waals surface area contributed by atoms with Gasteiger partial charge in [-0.2, -0.15) is 0 Å². The second-order valence-corrected chi connectivity index (χ2v) is 8.07. The van der Waals surface area contributed by atoms with Gasteiger partial charge in [0.2, 0.25) is 0 Å². The third-order valence-corrected chi connectivity index (χ3v) is 6.25. The van der Waals surface area contributed by atoms with Crippen molar-refractivity contribution in [1.82, 2.24) is 30.0 Å². The number of likely N-dealkylation sites (tertiary alicyclic amines) is 1. The van der Waals surface area contributed by atoms with Crippen molar-refractivity contribution in [2.75, 3.05) is 37.6 Å². The van der Waals surface area contributed by atoms with Crippen LogP contribution in [0.25, 0.3) is 0 Å². The van der Waals surface area contributed by atoms with Gasteiger partial charge in [-0.25, -0.2) is 4.98 Å². The van der Waals surface area contributed by atoms with Crippen LogP contribution >= 0.6 is 0 Å². The minimum Gasteiger partial charge on any atom is -0.357 e. The summed E-state index contributed by atoms with van der Waals surface area (Å²) in [6.07, 6.45) is 7.01. The van der Waals surface area contributed by atoms with Crippen LogP contribution in [0.1, 0.15) is 48.8 Å². The molecule has 0 radical (unpaired) electrons. The summed E-state index contributed by atoms with van der Waals surface area (Å²) >= 11 is 0. The average Bonchev–Trinajstić information content (AvgIpc) is 3.39. The lowest BCUT2D eigenvalue weighted by Crippen LogP contribution is -2.34. The maximum Gasteiger partial charge on any atom is 0.147 e. The Morgan fingerprint density at radius 3 is 2.63 bits per heavy atom. The van der Waals surface area contributed by atoms with Crippen molar-refractivity contribution in [2.24, 2.45) is 0 Å². The van der Waals surface area contributed by atoms with Crippen molar-refractivity contribution in [3.8, 4) is 0 Å². The van der Waals surface area contributed by atoms with Crippen LogP contribution in [0.2, 0.25) is 0 Å². The Balaban J connectivity index is 1.17. The van der Waals surface area contributed by atoms with Crippen molar-refractivity contribution in [3.05, 3.63) is 35.5 Å². The molecule has 27 heavy (non-hydrogen) atoms. The molecule has 7 nitrogen and oxygen atoms in total. The molecule has 3 aliphatic heterocycles. The van der Waals surface area contributed by atoms with Gasteiger partial charge in [0.05, 0.1) is 6.54 Å². The molecule has 5 rings (SSSR count). The highest BCUT2D eigenvalue weighted by Crippen LogP contribution is 2.28. The fraction of sp³-hybridized carbons (Fsp3) is 0.650. The molecule has 2 aromatic rings. The van der Waals surface area contributed by atoms with Gasteiger partial charge in [0.1, 0.15) is 17.5 Å². The fourth-order valence-corrected chi connectivity index (χ4v) is 4.67. The number of piperidine rings is 1. The molecule has 7 heteroatoms. The molecule has 0 atom stereocenters. The smallest absolute Gasteiger partial charge is 0.147 e. The first-order valence-corrected chi connectivity index (χ1v) is 10.4. The first kappa shape index (κ1) is 17.1. The third-order valence-electron chi connectivity index (χ3n) is 6.25. The molecule has 0 aromatic carbocycles. The summed E-state index contributed by atoms with van der Waals surface area (Å²) in [5, 5.41) is 12.3. The van der Waals surface area contributed by atoms with Crippen molar-refractivity contribution < 1.29 is 0 Å². The number of hydrogen-bond donors (Lipinski definition) is 1. The molecule has 0 unspecified atom stereocenters. The lowest BCUT2D eigenvalue weighted by molar-refractivity contribution is 0.199. The summed E-state index contributed by atoms with van der Waals surface area (Å²) in [5.74, 6) is 4.00. The molecule has 0 aliphatic carbocycles. The lowest BCUT2D eigenvalue weighted by atomic mass is 9.95. The Bertz CT molecular complexity index is 755. The van der Waals surface area contributed by atoms with Gasteiger partial charge in [-0.15, -0.1) is 10.2 Å². The number of rotatable bonds is 4. The average molecular weight is 368 g/mol. The predicted molar refractivity (Wildman–Crippen MR) is 105 cm³/mol. The predicted octanol–water partition coefficient (Wildman–Crippen LogP) is 1.76. The highest BCUT2D eigenvalue weighted by atomic mass is 15.3. The Morgan fingerprint density at radius 1 is 1.00 bits per heavy atom. The van der Waals surface area contributed by atoms with Crippen LogP contribution in [0.5, 0.6) is 0 Å². The standard InChI is InChI=1S/C20H29N7/c1-2-9-26(8-1)18-4-3-16(13-22-18)15-25-10-5-17(6-11-25)20-24-23-19-14-21-7-12-27(19)20/h3-4,13,17,21H,1-2,5-12,14-15H2. The van der Waals surface area contributed by atoms with Crippen molar-refractivity contribution >= 4 is 5.82 Å². The van der Waals surface area contributed by atoms with E-state index in [0.29, 0.717) is 5.92 Å². The number of nitrogens with zero attached hydrogens (tertiary/aromatic N) is 6. The van der Waals surface area contributed by atoms with E-state index in [-0.39, 0.29) is 0 Å². The second-order valence-electron chi connectivity index (χ2n) is 8.07. The SMILES string of the molecule is c1cc(N2CCCC2)ncc1CN1CCC(c2nnc3n2CCNC3)CC1. The van der Waals surface area contributed by atoms with Gasteiger partial charge < -0.3 is 14.8 Å². The maximum absolute atomic E-state index is 4.70. The molecule has 0 spiro atoms. The van der Waals surface area contributed by atoms with Gasteiger partial charge in [0.15, 0.2) is 0 Å². The molecule has 5 heterocycles. The van der Waals surface area contributed by atoms with Crippen LogP contribution in [0.3, 0.4) is 0 Å². The minimum absolute atomic E-state index is 0.552. The monoisotopic (exact) mass is 367 g/mol. The zero-order valence-corrected chi connectivity index (χ0v) is 16.0. The fourth-order valence-electron chi connectivity index (χ4n) is 4.67. The van der Waals surface area contributed by atoms with Gasteiger partial charge in [0, 0.05) is 44.8 Å². The largest absolute Gasteiger partial charge is 0.357 e. The van der Waals surface area contributed by atoms with E-state index in [1.807, 2.05) is 0 Å². The molecule has 2 aromatic heterocycles. The molecular weight excluding hydrogens is 338 g/mol. The first-order chi connectivity index (χ1) is 13.4. The molecule has 0 amide bonds.